The van der Waals surface area contributed by atoms with E-state index in [0.717, 1.165) is 42.6 Å². The van der Waals surface area contributed by atoms with Gasteiger partial charge in [0.15, 0.2) is 0 Å². The van der Waals surface area contributed by atoms with Crippen molar-refractivity contribution in [1.82, 2.24) is 10.3 Å². The van der Waals surface area contributed by atoms with Crippen LogP contribution in [0.2, 0.25) is 0 Å². The topological polar surface area (TPSA) is 71.1 Å². The van der Waals surface area contributed by atoms with E-state index in [1.165, 1.54) is 19.3 Å². The fourth-order valence-electron chi connectivity index (χ4n) is 5.34. The fourth-order valence-corrected chi connectivity index (χ4v) is 5.34. The molecule has 0 spiro atoms. The molecule has 5 heteroatoms. The molecule has 122 valence electrons. The molecule has 5 nitrogen and oxygen atoms in total. The number of carbonyl (C=O) groups excluding carboxylic acids is 2. The number of carbonyl (C=O) groups is 2. The molecule has 23 heavy (non-hydrogen) atoms. The number of rotatable bonds is 2. The van der Waals surface area contributed by atoms with Crippen LogP contribution < -0.4 is 10.6 Å². The van der Waals surface area contributed by atoms with Gasteiger partial charge in [-0.1, -0.05) is 0 Å². The van der Waals surface area contributed by atoms with Gasteiger partial charge in [0.2, 0.25) is 0 Å². The van der Waals surface area contributed by atoms with Crippen LogP contribution in [0.3, 0.4) is 0 Å². The average Bonchev–Trinajstić information content (AvgIpc) is 2.45. The van der Waals surface area contributed by atoms with E-state index >= 15 is 0 Å². The molecule has 0 unspecified atom stereocenters. The molecule has 1 heterocycles. The maximum atomic E-state index is 12.4. The van der Waals surface area contributed by atoms with Gasteiger partial charge in [-0.05, 0) is 80.9 Å². The summed E-state index contributed by atoms with van der Waals surface area (Å²) in [6.07, 6.45) is 8.70. The number of hydrogen-bond acceptors (Lipinski definition) is 3. The summed E-state index contributed by atoms with van der Waals surface area (Å²) in [6.45, 7) is 1.92. The quantitative estimate of drug-likeness (QED) is 0.824. The second kappa shape index (κ2) is 5.32. The van der Waals surface area contributed by atoms with Crippen molar-refractivity contribution < 1.29 is 9.59 Å². The molecule has 0 aromatic carbocycles. The number of nitrogens with one attached hydrogen (secondary N) is 2. The molecule has 1 aromatic heterocycles. The molecule has 4 bridgehead atoms. The summed E-state index contributed by atoms with van der Waals surface area (Å²) in [5.41, 5.74) is 0.861. The zero-order valence-electron chi connectivity index (χ0n) is 13.5. The first kappa shape index (κ1) is 14.7. The second-order valence-corrected chi connectivity index (χ2v) is 7.82. The fraction of sp³-hybridized carbons (Fsp3) is 0.611. The SMILES string of the molecule is Cc1ccnc(NC(=O)C(=O)NC23CC4CC(CC(C4)C2)C3)c1. The minimum Gasteiger partial charge on any atom is -0.342 e. The normalized spacial score (nSPS) is 34.2. The Kier molecular flexibility index (Phi) is 3.39. The lowest BCUT2D eigenvalue weighted by Gasteiger charge is -2.56. The highest BCUT2D eigenvalue weighted by molar-refractivity contribution is 6.39. The highest BCUT2D eigenvalue weighted by atomic mass is 16.2. The van der Waals surface area contributed by atoms with Gasteiger partial charge >= 0.3 is 11.8 Å². The number of nitrogens with zero attached hydrogens (tertiary/aromatic N) is 1. The summed E-state index contributed by atoms with van der Waals surface area (Å²) in [5, 5.41) is 5.68. The molecule has 2 amide bonds. The zero-order chi connectivity index (χ0) is 16.0. The Balaban J connectivity index is 1.42. The minimum atomic E-state index is -0.612. The predicted molar refractivity (Wildman–Crippen MR) is 86.6 cm³/mol. The molecule has 4 aliphatic carbocycles. The largest absolute Gasteiger partial charge is 0.342 e. The van der Waals surface area contributed by atoms with Crippen LogP contribution >= 0.6 is 0 Å². The van der Waals surface area contributed by atoms with Crippen LogP contribution in [0.15, 0.2) is 18.3 Å². The Morgan fingerprint density at radius 3 is 2.26 bits per heavy atom. The van der Waals surface area contributed by atoms with Crippen molar-refractivity contribution in [2.75, 3.05) is 5.32 Å². The molecule has 0 saturated heterocycles. The molecule has 0 atom stereocenters. The van der Waals surface area contributed by atoms with Gasteiger partial charge in [0.05, 0.1) is 0 Å². The van der Waals surface area contributed by atoms with E-state index in [-0.39, 0.29) is 5.54 Å². The van der Waals surface area contributed by atoms with E-state index in [0.29, 0.717) is 5.82 Å². The standard InChI is InChI=1S/C18H23N3O2/c1-11-2-3-19-15(4-11)20-16(22)17(23)21-18-8-12-5-13(9-18)7-14(6-12)10-18/h2-4,12-14H,5-10H2,1H3,(H,21,23)(H,19,20,22). The first-order valence-electron chi connectivity index (χ1n) is 8.57. The predicted octanol–water partition coefficient (Wildman–Crippen LogP) is 2.41. The summed E-state index contributed by atoms with van der Waals surface area (Å²) < 4.78 is 0. The summed E-state index contributed by atoms with van der Waals surface area (Å²) in [7, 11) is 0. The number of amides is 2. The Morgan fingerprint density at radius 1 is 1.09 bits per heavy atom. The van der Waals surface area contributed by atoms with E-state index in [2.05, 4.69) is 15.6 Å². The van der Waals surface area contributed by atoms with Gasteiger partial charge < -0.3 is 10.6 Å². The van der Waals surface area contributed by atoms with E-state index in [4.69, 9.17) is 0 Å². The van der Waals surface area contributed by atoms with Crippen molar-refractivity contribution >= 4 is 17.6 Å². The van der Waals surface area contributed by atoms with Crippen LogP contribution in [0.4, 0.5) is 5.82 Å². The van der Waals surface area contributed by atoms with Crippen LogP contribution in [-0.4, -0.2) is 22.3 Å². The Hall–Kier alpha value is -1.91. The molecule has 4 fully saturated rings. The Bertz CT molecular complexity index is 620. The molecule has 0 aliphatic heterocycles. The third-order valence-corrected chi connectivity index (χ3v) is 5.78. The van der Waals surface area contributed by atoms with Gasteiger partial charge in [0.25, 0.3) is 0 Å². The Labute approximate surface area is 136 Å². The van der Waals surface area contributed by atoms with E-state index in [1.54, 1.807) is 12.3 Å². The Morgan fingerprint density at radius 2 is 1.70 bits per heavy atom. The number of aromatic nitrogens is 1. The molecule has 1 aromatic rings. The highest BCUT2D eigenvalue weighted by Gasteiger charge is 2.51. The van der Waals surface area contributed by atoms with Crippen molar-refractivity contribution in [2.24, 2.45) is 17.8 Å². The van der Waals surface area contributed by atoms with Crippen LogP contribution in [0.25, 0.3) is 0 Å². The summed E-state index contributed by atoms with van der Waals surface area (Å²) in [4.78, 5) is 28.6. The van der Waals surface area contributed by atoms with Crippen molar-refractivity contribution in [3.05, 3.63) is 23.9 Å². The number of aryl methyl sites for hydroxylation is 1. The van der Waals surface area contributed by atoms with Crippen molar-refractivity contribution in [3.63, 3.8) is 0 Å². The van der Waals surface area contributed by atoms with Crippen LogP contribution in [-0.2, 0) is 9.59 Å². The summed E-state index contributed by atoms with van der Waals surface area (Å²) >= 11 is 0. The molecule has 4 saturated carbocycles. The van der Waals surface area contributed by atoms with Crippen LogP contribution in [0, 0.1) is 24.7 Å². The molecule has 2 N–H and O–H groups in total. The smallest absolute Gasteiger partial charge is 0.314 e. The highest BCUT2D eigenvalue weighted by Crippen LogP contribution is 2.55. The molecule has 4 aliphatic rings. The third kappa shape index (κ3) is 2.84. The van der Waals surface area contributed by atoms with E-state index in [9.17, 15) is 9.59 Å². The average molecular weight is 313 g/mol. The van der Waals surface area contributed by atoms with Gasteiger partial charge in [-0.15, -0.1) is 0 Å². The van der Waals surface area contributed by atoms with Crippen molar-refractivity contribution in [2.45, 2.75) is 51.0 Å². The van der Waals surface area contributed by atoms with Gasteiger partial charge in [-0.2, -0.15) is 0 Å². The number of hydrogen-bond donors (Lipinski definition) is 2. The summed E-state index contributed by atoms with van der Waals surface area (Å²) in [5.74, 6) is 1.51. The second-order valence-electron chi connectivity index (χ2n) is 7.82. The third-order valence-electron chi connectivity index (χ3n) is 5.78. The van der Waals surface area contributed by atoms with Crippen molar-refractivity contribution in [1.29, 1.82) is 0 Å². The molecular weight excluding hydrogens is 290 g/mol. The number of anilines is 1. The van der Waals surface area contributed by atoms with Crippen LogP contribution in [0.1, 0.15) is 44.1 Å². The first-order valence-corrected chi connectivity index (χ1v) is 8.57. The summed E-state index contributed by atoms with van der Waals surface area (Å²) in [6, 6.07) is 3.61. The zero-order valence-corrected chi connectivity index (χ0v) is 13.5. The van der Waals surface area contributed by atoms with E-state index < -0.39 is 11.8 Å². The van der Waals surface area contributed by atoms with E-state index in [1.807, 2.05) is 13.0 Å². The van der Waals surface area contributed by atoms with Crippen LogP contribution in [0.5, 0.6) is 0 Å². The first-order chi connectivity index (χ1) is 11.0. The van der Waals surface area contributed by atoms with Gasteiger partial charge in [-0.25, -0.2) is 4.98 Å². The monoisotopic (exact) mass is 313 g/mol. The molecular formula is C18H23N3O2. The molecule has 5 rings (SSSR count). The molecule has 0 radical (unpaired) electrons. The maximum absolute atomic E-state index is 12.4. The van der Waals surface area contributed by atoms with Gasteiger partial charge in [-0.3, -0.25) is 9.59 Å². The van der Waals surface area contributed by atoms with Gasteiger partial charge in [0, 0.05) is 11.7 Å². The lowest BCUT2D eigenvalue weighted by molar-refractivity contribution is -0.139. The van der Waals surface area contributed by atoms with Gasteiger partial charge in [0.1, 0.15) is 5.82 Å². The minimum absolute atomic E-state index is 0.136. The lowest BCUT2D eigenvalue weighted by Crippen LogP contribution is -2.61. The lowest BCUT2D eigenvalue weighted by atomic mass is 9.53. The maximum Gasteiger partial charge on any atom is 0.314 e. The van der Waals surface area contributed by atoms with Crippen molar-refractivity contribution in [3.8, 4) is 0 Å². The number of pyridine rings is 1.